The Morgan fingerprint density at radius 1 is 1.41 bits per heavy atom. The quantitative estimate of drug-likeness (QED) is 0.691. The van der Waals surface area contributed by atoms with Gasteiger partial charge in [-0.1, -0.05) is 12.1 Å². The number of benzene rings is 1. The number of amides is 2. The number of rotatable bonds is 4. The van der Waals surface area contributed by atoms with Crippen LogP contribution in [-0.2, 0) is 0 Å². The van der Waals surface area contributed by atoms with E-state index in [4.69, 9.17) is 5.11 Å². The van der Waals surface area contributed by atoms with Gasteiger partial charge < -0.3 is 15.7 Å². The van der Waals surface area contributed by atoms with Gasteiger partial charge in [-0.05, 0) is 26.0 Å². The molecule has 0 radical (unpaired) electrons. The van der Waals surface area contributed by atoms with Crippen molar-refractivity contribution in [3.8, 4) is 0 Å². The van der Waals surface area contributed by atoms with Crippen LogP contribution in [0.4, 0.5) is 10.5 Å². The maximum atomic E-state index is 11.4. The molecule has 1 aromatic carbocycles. The first-order valence-corrected chi connectivity index (χ1v) is 5.32. The number of ketones is 1. The second kappa shape index (κ2) is 6.00. The molecule has 1 aromatic rings. The number of hydrogen-bond donors (Lipinski definition) is 3. The van der Waals surface area contributed by atoms with E-state index in [0.29, 0.717) is 11.3 Å². The average Bonchev–Trinajstić information content (AvgIpc) is 2.28. The van der Waals surface area contributed by atoms with Gasteiger partial charge in [-0.15, -0.1) is 0 Å². The summed E-state index contributed by atoms with van der Waals surface area (Å²) in [6.07, 6.45) is 0. The average molecular weight is 236 g/mol. The minimum Gasteiger partial charge on any atom is -0.394 e. The fourth-order valence-electron chi connectivity index (χ4n) is 1.25. The molecule has 1 atom stereocenters. The summed E-state index contributed by atoms with van der Waals surface area (Å²) >= 11 is 0. The summed E-state index contributed by atoms with van der Waals surface area (Å²) < 4.78 is 0. The van der Waals surface area contributed by atoms with Crippen molar-refractivity contribution in [3.63, 3.8) is 0 Å². The van der Waals surface area contributed by atoms with E-state index in [2.05, 4.69) is 10.6 Å². The number of anilines is 1. The van der Waals surface area contributed by atoms with E-state index in [0.717, 1.165) is 0 Å². The molecule has 0 aliphatic rings. The molecule has 0 aliphatic heterocycles. The number of aliphatic hydroxyl groups excluding tert-OH is 1. The second-order valence-corrected chi connectivity index (χ2v) is 3.82. The first kappa shape index (κ1) is 13.2. The topological polar surface area (TPSA) is 78.4 Å². The molecule has 0 fully saturated rings. The lowest BCUT2D eigenvalue weighted by Gasteiger charge is -2.12. The Kier molecular flexibility index (Phi) is 4.66. The van der Waals surface area contributed by atoms with Gasteiger partial charge in [-0.2, -0.15) is 0 Å². The van der Waals surface area contributed by atoms with Gasteiger partial charge in [-0.3, -0.25) is 4.79 Å². The monoisotopic (exact) mass is 236 g/mol. The Hall–Kier alpha value is -1.88. The molecule has 0 bridgehead atoms. The summed E-state index contributed by atoms with van der Waals surface area (Å²) in [7, 11) is 0. The molecule has 3 N–H and O–H groups in total. The molecule has 0 heterocycles. The van der Waals surface area contributed by atoms with Gasteiger partial charge in [0, 0.05) is 11.3 Å². The van der Waals surface area contributed by atoms with E-state index in [1.165, 1.54) is 6.92 Å². The zero-order valence-electron chi connectivity index (χ0n) is 9.86. The highest BCUT2D eigenvalue weighted by atomic mass is 16.3. The standard InChI is InChI=1S/C12H16N2O3/c1-8(7-15)13-12(17)14-11-5-3-4-10(6-11)9(2)16/h3-6,8,15H,7H2,1-2H3,(H2,13,14,17)/t8-/m1/s1. The molecule has 2 amide bonds. The lowest BCUT2D eigenvalue weighted by molar-refractivity contribution is 0.101. The van der Waals surface area contributed by atoms with Crippen LogP contribution in [0.25, 0.3) is 0 Å². The van der Waals surface area contributed by atoms with Crippen LogP contribution in [0, 0.1) is 0 Å². The molecule has 5 nitrogen and oxygen atoms in total. The van der Waals surface area contributed by atoms with Crippen LogP contribution < -0.4 is 10.6 Å². The third-order valence-corrected chi connectivity index (χ3v) is 2.18. The molecule has 0 saturated heterocycles. The third kappa shape index (κ3) is 4.24. The van der Waals surface area contributed by atoms with Crippen LogP contribution in [0.5, 0.6) is 0 Å². The highest BCUT2D eigenvalue weighted by molar-refractivity contribution is 5.96. The van der Waals surface area contributed by atoms with E-state index in [9.17, 15) is 9.59 Å². The highest BCUT2D eigenvalue weighted by Gasteiger charge is 2.07. The minimum atomic E-state index is -0.410. The third-order valence-electron chi connectivity index (χ3n) is 2.18. The largest absolute Gasteiger partial charge is 0.394 e. The number of carbonyl (C=O) groups excluding carboxylic acids is 2. The predicted molar refractivity (Wildman–Crippen MR) is 65.1 cm³/mol. The molecule has 17 heavy (non-hydrogen) atoms. The van der Waals surface area contributed by atoms with Crippen molar-refractivity contribution >= 4 is 17.5 Å². The van der Waals surface area contributed by atoms with Gasteiger partial charge in [0.05, 0.1) is 12.6 Å². The maximum absolute atomic E-state index is 11.4. The number of aliphatic hydroxyl groups is 1. The van der Waals surface area contributed by atoms with Crippen LogP contribution in [0.3, 0.4) is 0 Å². The number of nitrogens with one attached hydrogen (secondary N) is 2. The zero-order valence-corrected chi connectivity index (χ0v) is 9.86. The second-order valence-electron chi connectivity index (χ2n) is 3.82. The Balaban J connectivity index is 2.65. The normalized spacial score (nSPS) is 11.7. The SMILES string of the molecule is CC(=O)c1cccc(NC(=O)N[C@H](C)CO)c1. The van der Waals surface area contributed by atoms with Crippen LogP contribution >= 0.6 is 0 Å². The van der Waals surface area contributed by atoms with Gasteiger partial charge in [-0.25, -0.2) is 4.79 Å². The zero-order chi connectivity index (χ0) is 12.8. The first-order valence-electron chi connectivity index (χ1n) is 5.32. The number of carbonyl (C=O) groups is 2. The van der Waals surface area contributed by atoms with Crippen LogP contribution in [0.15, 0.2) is 24.3 Å². The molecule has 0 unspecified atom stereocenters. The number of Topliss-reactive ketones (excluding diaryl/α,β-unsaturated/α-hetero) is 1. The fourth-order valence-corrected chi connectivity index (χ4v) is 1.25. The Bertz CT molecular complexity index is 418. The molecule has 0 aliphatic carbocycles. The molecule has 92 valence electrons. The summed E-state index contributed by atoms with van der Waals surface area (Å²) in [6.45, 7) is 3.03. The fraction of sp³-hybridized carbons (Fsp3) is 0.333. The van der Waals surface area contributed by atoms with Crippen molar-refractivity contribution in [3.05, 3.63) is 29.8 Å². The van der Waals surface area contributed by atoms with Gasteiger partial charge in [0.2, 0.25) is 0 Å². The maximum Gasteiger partial charge on any atom is 0.319 e. The minimum absolute atomic E-state index is 0.0576. The molecule has 0 aromatic heterocycles. The van der Waals surface area contributed by atoms with Gasteiger partial charge in [0.25, 0.3) is 0 Å². The summed E-state index contributed by atoms with van der Waals surface area (Å²) in [5.41, 5.74) is 1.08. The van der Waals surface area contributed by atoms with Crippen molar-refractivity contribution in [1.29, 1.82) is 0 Å². The van der Waals surface area contributed by atoms with E-state index < -0.39 is 6.03 Å². The smallest absolute Gasteiger partial charge is 0.319 e. The van der Waals surface area contributed by atoms with Gasteiger partial charge in [0.15, 0.2) is 5.78 Å². The highest BCUT2D eigenvalue weighted by Crippen LogP contribution is 2.10. The van der Waals surface area contributed by atoms with Crippen molar-refractivity contribution in [1.82, 2.24) is 5.32 Å². The number of urea groups is 1. The van der Waals surface area contributed by atoms with Crippen molar-refractivity contribution in [2.75, 3.05) is 11.9 Å². The Morgan fingerprint density at radius 2 is 2.12 bits per heavy atom. The number of hydrogen-bond acceptors (Lipinski definition) is 3. The van der Waals surface area contributed by atoms with Crippen molar-refractivity contribution in [2.45, 2.75) is 19.9 Å². The van der Waals surface area contributed by atoms with Gasteiger partial charge >= 0.3 is 6.03 Å². The first-order chi connectivity index (χ1) is 8.02. The molecule has 0 spiro atoms. The van der Waals surface area contributed by atoms with Crippen LogP contribution in [0.1, 0.15) is 24.2 Å². The predicted octanol–water partition coefficient (Wildman–Crippen LogP) is 1.39. The Labute approximate surface area is 99.8 Å². The van der Waals surface area contributed by atoms with Crippen LogP contribution in [0.2, 0.25) is 0 Å². The molecule has 1 rings (SSSR count). The lowest BCUT2D eigenvalue weighted by atomic mass is 10.1. The summed E-state index contributed by atoms with van der Waals surface area (Å²) in [4.78, 5) is 22.6. The Morgan fingerprint density at radius 3 is 2.71 bits per heavy atom. The van der Waals surface area contributed by atoms with E-state index in [1.807, 2.05) is 0 Å². The van der Waals surface area contributed by atoms with Crippen LogP contribution in [-0.4, -0.2) is 29.6 Å². The van der Waals surface area contributed by atoms with Crippen molar-refractivity contribution in [2.24, 2.45) is 0 Å². The lowest BCUT2D eigenvalue weighted by Crippen LogP contribution is -2.38. The summed E-state index contributed by atoms with van der Waals surface area (Å²) in [5, 5.41) is 13.9. The summed E-state index contributed by atoms with van der Waals surface area (Å²) in [5.74, 6) is -0.0576. The molecule has 5 heteroatoms. The van der Waals surface area contributed by atoms with E-state index in [1.54, 1.807) is 31.2 Å². The van der Waals surface area contributed by atoms with Crippen molar-refractivity contribution < 1.29 is 14.7 Å². The van der Waals surface area contributed by atoms with E-state index in [-0.39, 0.29) is 18.4 Å². The van der Waals surface area contributed by atoms with E-state index >= 15 is 0 Å². The summed E-state index contributed by atoms with van der Waals surface area (Å²) in [6, 6.07) is 5.95. The molecular weight excluding hydrogens is 220 g/mol. The molecule has 0 saturated carbocycles. The van der Waals surface area contributed by atoms with Gasteiger partial charge in [0.1, 0.15) is 0 Å². The molecular formula is C12H16N2O3.